The number of aryl methyl sites for hydroxylation is 1. The van der Waals surface area contributed by atoms with Gasteiger partial charge in [0.2, 0.25) is 0 Å². The van der Waals surface area contributed by atoms with Gasteiger partial charge in [-0.3, -0.25) is 0 Å². The van der Waals surface area contributed by atoms with Crippen LogP contribution in [0.2, 0.25) is 0 Å². The summed E-state index contributed by atoms with van der Waals surface area (Å²) in [6.07, 6.45) is 1.49. The lowest BCUT2D eigenvalue weighted by molar-refractivity contribution is 0.110. The molecule has 88 valence electrons. The zero-order valence-corrected chi connectivity index (χ0v) is 9.61. The van der Waals surface area contributed by atoms with Crippen molar-refractivity contribution in [2.24, 2.45) is 0 Å². The molecule has 0 saturated heterocycles. The molecule has 1 N–H and O–H groups in total. The van der Waals surface area contributed by atoms with Crippen LogP contribution >= 0.6 is 0 Å². The van der Waals surface area contributed by atoms with Crippen molar-refractivity contribution in [2.75, 3.05) is 19.8 Å². The van der Waals surface area contributed by atoms with E-state index in [-0.39, 0.29) is 6.10 Å². The van der Waals surface area contributed by atoms with Crippen LogP contribution in [-0.4, -0.2) is 24.9 Å². The normalized spacial score (nSPS) is 18.5. The summed E-state index contributed by atoms with van der Waals surface area (Å²) in [5.74, 6) is 0.868. The van der Waals surface area contributed by atoms with E-state index < -0.39 is 0 Å². The molecular formula is C13H18O3. The Labute approximate surface area is 96.0 Å². The lowest BCUT2D eigenvalue weighted by atomic mass is 10.1. The third kappa shape index (κ3) is 2.54. The topological polar surface area (TPSA) is 38.7 Å². The van der Waals surface area contributed by atoms with Crippen molar-refractivity contribution in [3.63, 3.8) is 0 Å². The Morgan fingerprint density at radius 1 is 1.38 bits per heavy atom. The molecule has 3 nitrogen and oxygen atoms in total. The summed E-state index contributed by atoms with van der Waals surface area (Å²) in [6, 6.07) is 5.90. The first-order chi connectivity index (χ1) is 7.81. The Kier molecular flexibility index (Phi) is 3.80. The molecule has 0 unspecified atom stereocenters. The van der Waals surface area contributed by atoms with E-state index in [1.807, 2.05) is 25.1 Å². The minimum Gasteiger partial charge on any atom is -0.491 e. The average Bonchev–Trinajstić information content (AvgIpc) is 2.66. The van der Waals surface area contributed by atoms with Crippen molar-refractivity contribution >= 4 is 0 Å². The van der Waals surface area contributed by atoms with E-state index in [9.17, 15) is 5.11 Å². The maximum Gasteiger partial charge on any atom is 0.119 e. The van der Waals surface area contributed by atoms with Crippen LogP contribution in [0.3, 0.4) is 0 Å². The van der Waals surface area contributed by atoms with E-state index in [1.54, 1.807) is 0 Å². The minimum absolute atomic E-state index is 0.285. The highest BCUT2D eigenvalue weighted by atomic mass is 16.5. The first-order valence-corrected chi connectivity index (χ1v) is 5.82. The second-order valence-electron chi connectivity index (χ2n) is 3.96. The predicted octanol–water partition coefficient (Wildman–Crippen LogP) is 2.08. The molecule has 1 aromatic rings. The van der Waals surface area contributed by atoms with E-state index in [0.29, 0.717) is 13.2 Å². The monoisotopic (exact) mass is 222 g/mol. The fourth-order valence-electron chi connectivity index (χ4n) is 2.02. The zero-order chi connectivity index (χ0) is 11.4. The predicted molar refractivity (Wildman–Crippen MR) is 61.7 cm³/mol. The van der Waals surface area contributed by atoms with Gasteiger partial charge in [-0.1, -0.05) is 6.07 Å². The summed E-state index contributed by atoms with van der Waals surface area (Å²) in [4.78, 5) is 0. The summed E-state index contributed by atoms with van der Waals surface area (Å²) >= 11 is 0. The van der Waals surface area contributed by atoms with Crippen LogP contribution in [0.25, 0.3) is 0 Å². The van der Waals surface area contributed by atoms with Gasteiger partial charge in [0.1, 0.15) is 12.4 Å². The molecule has 16 heavy (non-hydrogen) atoms. The van der Waals surface area contributed by atoms with E-state index >= 15 is 0 Å². The number of rotatable bonds is 5. The number of ether oxygens (including phenoxy) is 2. The smallest absolute Gasteiger partial charge is 0.119 e. The third-order valence-corrected chi connectivity index (χ3v) is 2.86. The zero-order valence-electron chi connectivity index (χ0n) is 9.61. The van der Waals surface area contributed by atoms with Gasteiger partial charge in [-0.2, -0.15) is 0 Å². The van der Waals surface area contributed by atoms with Crippen LogP contribution in [0.5, 0.6) is 5.75 Å². The van der Waals surface area contributed by atoms with E-state index in [2.05, 4.69) is 0 Å². The van der Waals surface area contributed by atoms with Crippen molar-refractivity contribution in [3.8, 4) is 5.75 Å². The molecule has 0 bridgehead atoms. The summed E-state index contributed by atoms with van der Waals surface area (Å²) < 4.78 is 10.8. The molecule has 1 atom stereocenters. The number of benzene rings is 1. The molecule has 0 saturated carbocycles. The van der Waals surface area contributed by atoms with Gasteiger partial charge in [0.25, 0.3) is 0 Å². The Morgan fingerprint density at radius 3 is 3.06 bits per heavy atom. The second kappa shape index (κ2) is 5.32. The molecular weight excluding hydrogens is 204 g/mol. The first-order valence-electron chi connectivity index (χ1n) is 5.82. The number of hydrogen-bond donors (Lipinski definition) is 1. The summed E-state index contributed by atoms with van der Waals surface area (Å²) in [7, 11) is 0. The van der Waals surface area contributed by atoms with Crippen molar-refractivity contribution in [1.29, 1.82) is 0 Å². The highest BCUT2D eigenvalue weighted by molar-refractivity contribution is 5.39. The molecule has 1 aromatic carbocycles. The van der Waals surface area contributed by atoms with E-state index in [0.717, 1.165) is 30.8 Å². The maximum atomic E-state index is 9.66. The quantitative estimate of drug-likeness (QED) is 0.775. The standard InChI is InChI=1S/C13H18O3/c1-2-15-7-8-16-11-4-5-12-10(9-11)3-6-13(12)14/h4-5,9,13-14H,2-3,6-8H2,1H3/t13-/m1/s1. The van der Waals surface area contributed by atoms with Crippen LogP contribution < -0.4 is 4.74 Å². The molecule has 0 heterocycles. The molecule has 0 amide bonds. The molecule has 0 aliphatic heterocycles. The van der Waals surface area contributed by atoms with Crippen molar-refractivity contribution in [2.45, 2.75) is 25.9 Å². The fraction of sp³-hybridized carbons (Fsp3) is 0.538. The van der Waals surface area contributed by atoms with Gasteiger partial charge in [0.05, 0.1) is 12.7 Å². The highest BCUT2D eigenvalue weighted by Crippen LogP contribution is 2.33. The van der Waals surface area contributed by atoms with Crippen LogP contribution in [0, 0.1) is 0 Å². The van der Waals surface area contributed by atoms with Gasteiger partial charge in [0.15, 0.2) is 0 Å². The highest BCUT2D eigenvalue weighted by Gasteiger charge is 2.20. The minimum atomic E-state index is -0.285. The van der Waals surface area contributed by atoms with Crippen molar-refractivity contribution in [1.82, 2.24) is 0 Å². The van der Waals surface area contributed by atoms with E-state index in [4.69, 9.17) is 9.47 Å². The number of aliphatic hydroxyl groups is 1. The molecule has 1 aliphatic rings. The molecule has 0 radical (unpaired) electrons. The Balaban J connectivity index is 1.92. The lowest BCUT2D eigenvalue weighted by Gasteiger charge is -2.08. The van der Waals surface area contributed by atoms with Gasteiger partial charge in [0, 0.05) is 6.61 Å². The Hall–Kier alpha value is -1.06. The maximum absolute atomic E-state index is 9.66. The van der Waals surface area contributed by atoms with Gasteiger partial charge < -0.3 is 14.6 Å². The molecule has 2 rings (SSSR count). The SMILES string of the molecule is CCOCCOc1ccc2c(c1)CC[C@H]2O. The first kappa shape index (κ1) is 11.4. The Bertz CT molecular complexity index is 349. The van der Waals surface area contributed by atoms with Crippen LogP contribution in [0.1, 0.15) is 30.6 Å². The molecule has 0 fully saturated rings. The average molecular weight is 222 g/mol. The number of aliphatic hydroxyl groups excluding tert-OH is 1. The second-order valence-corrected chi connectivity index (χ2v) is 3.96. The lowest BCUT2D eigenvalue weighted by Crippen LogP contribution is -2.06. The fourth-order valence-corrected chi connectivity index (χ4v) is 2.02. The molecule has 0 spiro atoms. The van der Waals surface area contributed by atoms with Gasteiger partial charge in [-0.25, -0.2) is 0 Å². The van der Waals surface area contributed by atoms with Gasteiger partial charge in [-0.15, -0.1) is 0 Å². The van der Waals surface area contributed by atoms with Crippen LogP contribution in [0.4, 0.5) is 0 Å². The van der Waals surface area contributed by atoms with Crippen molar-refractivity contribution in [3.05, 3.63) is 29.3 Å². The summed E-state index contributed by atoms with van der Waals surface area (Å²) in [5, 5.41) is 9.66. The largest absolute Gasteiger partial charge is 0.491 e. The van der Waals surface area contributed by atoms with Gasteiger partial charge >= 0.3 is 0 Å². The Morgan fingerprint density at radius 2 is 2.25 bits per heavy atom. The van der Waals surface area contributed by atoms with Crippen LogP contribution in [0.15, 0.2) is 18.2 Å². The summed E-state index contributed by atoms with van der Waals surface area (Å²) in [5.41, 5.74) is 2.26. The van der Waals surface area contributed by atoms with Crippen LogP contribution in [-0.2, 0) is 11.2 Å². The molecule has 1 aliphatic carbocycles. The number of fused-ring (bicyclic) bond motifs is 1. The van der Waals surface area contributed by atoms with E-state index in [1.165, 1.54) is 5.56 Å². The molecule has 0 aromatic heterocycles. The third-order valence-electron chi connectivity index (χ3n) is 2.86. The summed E-state index contributed by atoms with van der Waals surface area (Å²) in [6.45, 7) is 3.89. The molecule has 3 heteroatoms. The number of hydrogen-bond acceptors (Lipinski definition) is 3. The van der Waals surface area contributed by atoms with Crippen molar-refractivity contribution < 1.29 is 14.6 Å². The van der Waals surface area contributed by atoms with Gasteiger partial charge in [-0.05, 0) is 43.0 Å².